The first-order valence-corrected chi connectivity index (χ1v) is 9.46. The van der Waals surface area contributed by atoms with E-state index >= 15 is 0 Å². The van der Waals surface area contributed by atoms with Crippen LogP contribution in [0.25, 0.3) is 0 Å². The molecule has 1 aliphatic rings. The number of anilines is 1. The molecule has 1 fully saturated rings. The Morgan fingerprint density at radius 3 is 3.04 bits per heavy atom. The van der Waals surface area contributed by atoms with Crippen LogP contribution in [0.1, 0.15) is 24.5 Å². The van der Waals surface area contributed by atoms with Crippen LogP contribution < -0.4 is 4.90 Å². The fourth-order valence-corrected chi connectivity index (χ4v) is 3.68. The summed E-state index contributed by atoms with van der Waals surface area (Å²) in [5.41, 5.74) is 1.18. The maximum atomic E-state index is 5.98. The lowest BCUT2D eigenvalue weighted by Gasteiger charge is -2.35. The van der Waals surface area contributed by atoms with E-state index in [0.717, 1.165) is 51.6 Å². The molecule has 0 N–H and O–H groups in total. The van der Waals surface area contributed by atoms with Gasteiger partial charge in [0.05, 0.1) is 23.4 Å². The quantitative estimate of drug-likeness (QED) is 0.765. The maximum Gasteiger partial charge on any atom is 0.151 e. The molecule has 1 aliphatic heterocycles. The Kier molecular flexibility index (Phi) is 6.12. The van der Waals surface area contributed by atoms with Crippen molar-refractivity contribution in [3.8, 4) is 0 Å². The van der Waals surface area contributed by atoms with Crippen molar-refractivity contribution in [3.05, 3.63) is 34.4 Å². The van der Waals surface area contributed by atoms with Crippen molar-refractivity contribution >= 4 is 17.2 Å². The smallest absolute Gasteiger partial charge is 0.151 e. The van der Waals surface area contributed by atoms with Gasteiger partial charge in [0.15, 0.2) is 5.82 Å². The number of hydrogen-bond donors (Lipinski definition) is 0. The zero-order valence-electron chi connectivity index (χ0n) is 14.4. The Labute approximate surface area is 147 Å². The lowest BCUT2D eigenvalue weighted by molar-refractivity contribution is -0.0271. The molecule has 0 aliphatic carbocycles. The second kappa shape index (κ2) is 8.50. The van der Waals surface area contributed by atoms with Crippen LogP contribution >= 0.6 is 11.3 Å². The number of likely N-dealkylation sites (N-methyl/N-ethyl adjacent to an activating group) is 1. The molecular formula is C17H25N5OS. The van der Waals surface area contributed by atoms with Crippen LogP contribution in [0.3, 0.4) is 0 Å². The summed E-state index contributed by atoms with van der Waals surface area (Å²) in [6, 6.07) is 3.92. The summed E-state index contributed by atoms with van der Waals surface area (Å²) in [6.45, 7) is 9.59. The Balaban J connectivity index is 1.56. The monoisotopic (exact) mass is 347 g/mol. The van der Waals surface area contributed by atoms with Gasteiger partial charge in [0.25, 0.3) is 0 Å². The molecule has 3 heterocycles. The molecule has 0 saturated carbocycles. The summed E-state index contributed by atoms with van der Waals surface area (Å²) in [5, 5.41) is 11.6. The van der Waals surface area contributed by atoms with Crippen molar-refractivity contribution in [2.75, 3.05) is 37.7 Å². The van der Waals surface area contributed by atoms with Gasteiger partial charge in [-0.1, -0.05) is 6.92 Å². The van der Waals surface area contributed by atoms with E-state index < -0.39 is 0 Å². The molecule has 1 saturated heterocycles. The van der Waals surface area contributed by atoms with Crippen LogP contribution in [0.2, 0.25) is 0 Å². The van der Waals surface area contributed by atoms with Gasteiger partial charge in [-0.3, -0.25) is 4.90 Å². The number of aromatic nitrogens is 3. The highest BCUT2D eigenvalue weighted by atomic mass is 32.1. The number of aryl methyl sites for hydroxylation is 1. The van der Waals surface area contributed by atoms with Crippen molar-refractivity contribution in [2.24, 2.45) is 0 Å². The zero-order valence-corrected chi connectivity index (χ0v) is 15.2. The largest absolute Gasteiger partial charge is 0.374 e. The first kappa shape index (κ1) is 17.3. The second-order valence-corrected chi connectivity index (χ2v) is 6.88. The van der Waals surface area contributed by atoms with Gasteiger partial charge in [-0.15, -0.1) is 16.4 Å². The molecule has 0 bridgehead atoms. The molecule has 0 amide bonds. The molecule has 1 atom stereocenters. The third-order valence-corrected chi connectivity index (χ3v) is 5.24. The van der Waals surface area contributed by atoms with E-state index in [1.807, 2.05) is 12.1 Å². The molecule has 7 heteroatoms. The number of morpholine rings is 1. The van der Waals surface area contributed by atoms with E-state index in [0.29, 0.717) is 0 Å². The van der Waals surface area contributed by atoms with Gasteiger partial charge in [0.1, 0.15) is 0 Å². The van der Waals surface area contributed by atoms with Crippen molar-refractivity contribution < 1.29 is 4.74 Å². The average molecular weight is 347 g/mol. The van der Waals surface area contributed by atoms with Crippen LogP contribution in [0.5, 0.6) is 0 Å². The van der Waals surface area contributed by atoms with E-state index in [2.05, 4.69) is 44.2 Å². The van der Waals surface area contributed by atoms with Gasteiger partial charge in [-0.25, -0.2) is 4.98 Å². The summed E-state index contributed by atoms with van der Waals surface area (Å²) in [5.74, 6) is 0.910. The average Bonchev–Trinajstić information content (AvgIpc) is 3.08. The van der Waals surface area contributed by atoms with Crippen molar-refractivity contribution in [3.63, 3.8) is 0 Å². The number of ether oxygens (including phenoxy) is 1. The van der Waals surface area contributed by atoms with E-state index in [1.165, 1.54) is 10.7 Å². The molecular weight excluding hydrogens is 322 g/mol. The number of nitrogens with zero attached hydrogens (tertiary/aromatic N) is 5. The van der Waals surface area contributed by atoms with E-state index in [4.69, 9.17) is 4.74 Å². The summed E-state index contributed by atoms with van der Waals surface area (Å²) in [4.78, 5) is 9.34. The highest BCUT2D eigenvalue weighted by Gasteiger charge is 2.23. The predicted molar refractivity (Wildman–Crippen MR) is 96.4 cm³/mol. The molecule has 24 heavy (non-hydrogen) atoms. The van der Waals surface area contributed by atoms with Gasteiger partial charge >= 0.3 is 0 Å². The van der Waals surface area contributed by atoms with Crippen LogP contribution in [-0.4, -0.2) is 59.0 Å². The molecule has 0 aromatic carbocycles. The first-order chi connectivity index (χ1) is 11.8. The van der Waals surface area contributed by atoms with Crippen LogP contribution in [-0.2, 0) is 17.7 Å². The molecule has 0 unspecified atom stereocenters. The number of rotatable bonds is 7. The maximum absolute atomic E-state index is 5.98. The minimum atomic E-state index is 0.185. The highest BCUT2D eigenvalue weighted by molar-refractivity contribution is 7.09. The minimum absolute atomic E-state index is 0.185. The first-order valence-electron chi connectivity index (χ1n) is 8.58. The lowest BCUT2D eigenvalue weighted by atomic mass is 10.2. The number of thiazole rings is 1. The van der Waals surface area contributed by atoms with Crippen LogP contribution in [0.4, 0.5) is 5.82 Å². The molecule has 3 rings (SSSR count). The summed E-state index contributed by atoms with van der Waals surface area (Å²) < 4.78 is 5.98. The topological polar surface area (TPSA) is 54.4 Å². The molecule has 130 valence electrons. The molecule has 6 nitrogen and oxygen atoms in total. The van der Waals surface area contributed by atoms with E-state index in [-0.39, 0.29) is 6.10 Å². The number of hydrogen-bond acceptors (Lipinski definition) is 7. The van der Waals surface area contributed by atoms with E-state index in [1.54, 1.807) is 17.5 Å². The van der Waals surface area contributed by atoms with Crippen molar-refractivity contribution in [1.82, 2.24) is 20.1 Å². The fourth-order valence-electron chi connectivity index (χ4n) is 2.94. The van der Waals surface area contributed by atoms with Crippen molar-refractivity contribution in [1.29, 1.82) is 0 Å². The standard InChI is InChI=1S/C17H25N5OS/c1-3-17-19-14(13-24-17)10-21-8-9-23-15(11-21)12-22(4-2)16-6-5-7-18-20-16/h5-7,13,15H,3-4,8-12H2,1-2H3/t15-/m1/s1. The van der Waals surface area contributed by atoms with Crippen LogP contribution in [0, 0.1) is 0 Å². The van der Waals surface area contributed by atoms with Crippen molar-refractivity contribution in [2.45, 2.75) is 32.9 Å². The van der Waals surface area contributed by atoms with Gasteiger partial charge in [0, 0.05) is 44.3 Å². The lowest BCUT2D eigenvalue weighted by Crippen LogP contribution is -2.47. The fraction of sp³-hybridized carbons (Fsp3) is 0.588. The third kappa shape index (κ3) is 4.49. The van der Waals surface area contributed by atoms with Gasteiger partial charge in [-0.05, 0) is 25.5 Å². The molecule has 2 aromatic heterocycles. The predicted octanol–water partition coefficient (Wildman–Crippen LogP) is 2.22. The second-order valence-electron chi connectivity index (χ2n) is 5.93. The Morgan fingerprint density at radius 2 is 2.33 bits per heavy atom. The Morgan fingerprint density at radius 1 is 1.42 bits per heavy atom. The SMILES string of the molecule is CCc1nc(CN2CCO[C@@H](CN(CC)c3cccnn3)C2)cs1. The molecule has 0 spiro atoms. The Hall–Kier alpha value is -1.57. The normalized spacial score (nSPS) is 18.7. The summed E-state index contributed by atoms with van der Waals surface area (Å²) in [7, 11) is 0. The molecule has 2 aromatic rings. The summed E-state index contributed by atoms with van der Waals surface area (Å²) in [6.07, 6.45) is 2.90. The summed E-state index contributed by atoms with van der Waals surface area (Å²) >= 11 is 1.76. The van der Waals surface area contributed by atoms with Gasteiger partial charge in [-0.2, -0.15) is 5.10 Å². The minimum Gasteiger partial charge on any atom is -0.374 e. The van der Waals surface area contributed by atoms with E-state index in [9.17, 15) is 0 Å². The zero-order chi connectivity index (χ0) is 16.8. The third-order valence-electron chi connectivity index (χ3n) is 4.20. The Bertz CT molecular complexity index is 620. The van der Waals surface area contributed by atoms with Crippen LogP contribution in [0.15, 0.2) is 23.7 Å². The van der Waals surface area contributed by atoms with Gasteiger partial charge in [0.2, 0.25) is 0 Å². The molecule has 0 radical (unpaired) electrons. The highest BCUT2D eigenvalue weighted by Crippen LogP contribution is 2.16. The van der Waals surface area contributed by atoms with Gasteiger partial charge < -0.3 is 9.64 Å².